The van der Waals surface area contributed by atoms with Crippen molar-refractivity contribution in [3.8, 4) is 22.6 Å². The molecule has 1 N–H and O–H groups in total. The molecule has 7 rings (SSSR count). The topological polar surface area (TPSA) is 109 Å². The molecule has 3 aromatic heterocycles. The summed E-state index contributed by atoms with van der Waals surface area (Å²) < 4.78 is 25.0. The number of H-pyrrole nitrogens is 1. The number of halogens is 1. The molecule has 0 saturated carbocycles. The molecule has 2 aliphatic rings. The van der Waals surface area contributed by atoms with Gasteiger partial charge in [-0.2, -0.15) is 10.1 Å². The first kappa shape index (κ1) is 29.6. The molecule has 5 heterocycles. The van der Waals surface area contributed by atoms with Crippen LogP contribution in [0.2, 0.25) is 0 Å². The van der Waals surface area contributed by atoms with Crippen molar-refractivity contribution in [2.75, 3.05) is 24.6 Å². The molecule has 2 aliphatic heterocycles. The van der Waals surface area contributed by atoms with Crippen LogP contribution in [-0.4, -0.2) is 67.3 Å². The number of piperazine rings is 1. The zero-order valence-corrected chi connectivity index (χ0v) is 26.6. The molecular weight excluding hydrogens is 585 g/mol. The van der Waals surface area contributed by atoms with Crippen molar-refractivity contribution >= 4 is 33.5 Å². The number of amides is 1. The van der Waals surface area contributed by atoms with Crippen LogP contribution in [0.1, 0.15) is 49.9 Å². The molecule has 5 aromatic rings. The van der Waals surface area contributed by atoms with E-state index in [0.717, 1.165) is 27.7 Å². The van der Waals surface area contributed by atoms with Crippen molar-refractivity contribution in [2.24, 2.45) is 0 Å². The predicted octanol–water partition coefficient (Wildman–Crippen LogP) is 5.58. The highest BCUT2D eigenvalue weighted by Gasteiger charge is 2.39. The van der Waals surface area contributed by atoms with Crippen LogP contribution in [0.25, 0.3) is 38.6 Å². The summed E-state index contributed by atoms with van der Waals surface area (Å²) in [6, 6.07) is 7.03. The van der Waals surface area contributed by atoms with Crippen LogP contribution in [0.4, 0.5) is 10.2 Å². The van der Waals surface area contributed by atoms with Crippen molar-refractivity contribution in [1.29, 1.82) is 0 Å². The molecule has 1 fully saturated rings. The van der Waals surface area contributed by atoms with E-state index in [-0.39, 0.29) is 36.3 Å². The molecular formula is C35H36FN7O3. The van der Waals surface area contributed by atoms with E-state index in [1.165, 1.54) is 6.08 Å². The maximum atomic E-state index is 17.1. The number of aryl methyl sites for hydroxylation is 2. The minimum Gasteiger partial charge on any atom is -0.490 e. The van der Waals surface area contributed by atoms with Gasteiger partial charge in [0.05, 0.1) is 46.6 Å². The van der Waals surface area contributed by atoms with E-state index in [1.807, 2.05) is 52.8 Å². The van der Waals surface area contributed by atoms with Gasteiger partial charge in [0, 0.05) is 42.7 Å². The van der Waals surface area contributed by atoms with E-state index in [9.17, 15) is 9.59 Å². The third-order valence-electron chi connectivity index (χ3n) is 9.30. The normalized spacial score (nSPS) is 18.0. The molecule has 0 radical (unpaired) electrons. The Bertz CT molecular complexity index is 2120. The Morgan fingerprint density at radius 2 is 2.00 bits per heavy atom. The molecule has 10 nitrogen and oxygen atoms in total. The number of carbonyl (C=O) groups is 1. The number of nitrogens with one attached hydrogen (secondary N) is 1. The van der Waals surface area contributed by atoms with Gasteiger partial charge >= 0.3 is 5.69 Å². The molecule has 2 atom stereocenters. The second-order valence-corrected chi connectivity index (χ2v) is 12.6. The van der Waals surface area contributed by atoms with Gasteiger partial charge in [-0.1, -0.05) is 26.5 Å². The molecule has 2 aromatic carbocycles. The largest absolute Gasteiger partial charge is 0.490 e. The van der Waals surface area contributed by atoms with E-state index >= 15 is 4.39 Å². The number of rotatable bonds is 4. The molecule has 1 saturated heterocycles. The average molecular weight is 622 g/mol. The lowest BCUT2D eigenvalue weighted by atomic mass is 9.94. The van der Waals surface area contributed by atoms with Gasteiger partial charge < -0.3 is 14.5 Å². The summed E-state index contributed by atoms with van der Waals surface area (Å²) in [5.74, 6) is -0.294. The molecule has 0 bridgehead atoms. The number of nitrogens with zero attached hydrogens (tertiary/aromatic N) is 6. The fourth-order valence-electron chi connectivity index (χ4n) is 7.20. The smallest absolute Gasteiger partial charge is 0.354 e. The molecule has 2 unspecified atom stereocenters. The van der Waals surface area contributed by atoms with Gasteiger partial charge in [-0.3, -0.25) is 19.4 Å². The number of benzene rings is 2. The van der Waals surface area contributed by atoms with E-state index in [1.54, 1.807) is 27.9 Å². The maximum Gasteiger partial charge on any atom is 0.354 e. The zero-order chi connectivity index (χ0) is 32.4. The van der Waals surface area contributed by atoms with Crippen molar-refractivity contribution < 1.29 is 13.9 Å². The fraction of sp³-hybridized carbons (Fsp3) is 0.343. The lowest BCUT2D eigenvalue weighted by Crippen LogP contribution is -2.60. The van der Waals surface area contributed by atoms with Gasteiger partial charge in [-0.05, 0) is 67.7 Å². The lowest BCUT2D eigenvalue weighted by Gasteiger charge is -2.47. The van der Waals surface area contributed by atoms with Gasteiger partial charge in [0.1, 0.15) is 5.82 Å². The van der Waals surface area contributed by atoms with Crippen LogP contribution in [0.15, 0.2) is 54.1 Å². The Kier molecular flexibility index (Phi) is 7.14. The van der Waals surface area contributed by atoms with E-state index in [0.29, 0.717) is 53.0 Å². The average Bonchev–Trinajstić information content (AvgIpc) is 3.49. The Balaban J connectivity index is 1.61. The highest BCUT2D eigenvalue weighted by atomic mass is 19.1. The first-order valence-electron chi connectivity index (χ1n) is 15.6. The molecule has 236 valence electrons. The number of ether oxygens (including phenoxy) is 1. The monoisotopic (exact) mass is 621 g/mol. The van der Waals surface area contributed by atoms with Crippen LogP contribution in [0.3, 0.4) is 0 Å². The quantitative estimate of drug-likeness (QED) is 0.261. The molecule has 0 spiro atoms. The third kappa shape index (κ3) is 4.47. The number of fused-ring (bicyclic) bond motifs is 3. The summed E-state index contributed by atoms with van der Waals surface area (Å²) in [5, 5.41) is 8.38. The van der Waals surface area contributed by atoms with Crippen molar-refractivity contribution in [3.63, 3.8) is 0 Å². The number of aromatic nitrogens is 5. The number of aromatic amines is 1. The van der Waals surface area contributed by atoms with Gasteiger partial charge in [0.2, 0.25) is 5.91 Å². The molecule has 46 heavy (non-hydrogen) atoms. The van der Waals surface area contributed by atoms with Crippen LogP contribution in [0.5, 0.6) is 5.75 Å². The summed E-state index contributed by atoms with van der Waals surface area (Å²) in [7, 11) is 0. The van der Waals surface area contributed by atoms with Crippen molar-refractivity contribution in [3.05, 3.63) is 82.4 Å². The van der Waals surface area contributed by atoms with Gasteiger partial charge in [0.15, 0.2) is 11.6 Å². The first-order chi connectivity index (χ1) is 22.1. The fourth-order valence-corrected chi connectivity index (χ4v) is 7.20. The van der Waals surface area contributed by atoms with Crippen LogP contribution in [-0.2, 0) is 4.79 Å². The summed E-state index contributed by atoms with van der Waals surface area (Å²) in [6.45, 7) is 14.6. The van der Waals surface area contributed by atoms with E-state index < -0.39 is 11.5 Å². The van der Waals surface area contributed by atoms with Gasteiger partial charge in [-0.25, -0.2) is 9.18 Å². The first-order valence-corrected chi connectivity index (χ1v) is 15.6. The highest BCUT2D eigenvalue weighted by Crippen LogP contribution is 2.45. The summed E-state index contributed by atoms with van der Waals surface area (Å²) in [5.41, 5.74) is 4.75. The molecule has 11 heteroatoms. The highest BCUT2D eigenvalue weighted by molar-refractivity contribution is 6.04. The van der Waals surface area contributed by atoms with Gasteiger partial charge in [-0.15, -0.1) is 0 Å². The van der Waals surface area contributed by atoms with Crippen molar-refractivity contribution in [2.45, 2.75) is 59.0 Å². The standard InChI is InChI=1S/C35H36FN7O3/c1-7-27(44)41-16-21(6)42-22(17-41)11-13-46-33-29-26(14-23(30(33)36)28-19(4)8-9-25-24(28)15-38-40-25)43(35(45)39-34(29)42)32-20(5)10-12-37-31(32)18(2)3/h7-10,12,14-15,18,21-22H,1,11,13,16-17H2,2-6H3,(H,38,40). The summed E-state index contributed by atoms with van der Waals surface area (Å²) in [4.78, 5) is 40.3. The predicted molar refractivity (Wildman–Crippen MR) is 176 cm³/mol. The zero-order valence-electron chi connectivity index (χ0n) is 26.6. The number of hydrogen-bond acceptors (Lipinski definition) is 7. The molecule has 0 aliphatic carbocycles. The van der Waals surface area contributed by atoms with E-state index in [2.05, 4.69) is 26.7 Å². The minimum atomic E-state index is -0.531. The Morgan fingerprint density at radius 3 is 2.76 bits per heavy atom. The number of hydrogen-bond donors (Lipinski definition) is 1. The number of pyridine rings is 1. The maximum absolute atomic E-state index is 17.1. The number of anilines is 1. The summed E-state index contributed by atoms with van der Waals surface area (Å²) in [6.07, 6.45) is 5.24. The number of carbonyl (C=O) groups excluding carboxylic acids is 1. The second-order valence-electron chi connectivity index (χ2n) is 12.6. The Labute approximate surface area is 265 Å². The minimum absolute atomic E-state index is 0.00662. The van der Waals surface area contributed by atoms with E-state index in [4.69, 9.17) is 9.72 Å². The third-order valence-corrected chi connectivity index (χ3v) is 9.30. The molecule has 1 amide bonds. The van der Waals surface area contributed by atoms with Crippen molar-refractivity contribution in [1.82, 2.24) is 29.6 Å². The summed E-state index contributed by atoms with van der Waals surface area (Å²) >= 11 is 0. The van der Waals surface area contributed by atoms with Crippen LogP contribution < -0.4 is 15.3 Å². The second kappa shape index (κ2) is 11.1. The Hall–Kier alpha value is -5.06. The Morgan fingerprint density at radius 1 is 1.20 bits per heavy atom. The van der Waals surface area contributed by atoms with Gasteiger partial charge in [0.25, 0.3) is 0 Å². The van der Waals surface area contributed by atoms with Crippen LogP contribution >= 0.6 is 0 Å². The van der Waals surface area contributed by atoms with Crippen LogP contribution in [0, 0.1) is 19.7 Å². The lowest BCUT2D eigenvalue weighted by molar-refractivity contribution is -0.127. The SMILES string of the molecule is C=CC(=O)N1CC(C)N2c3nc(=O)n(-c4c(C)ccnc4C(C)C)c4cc(-c5c(C)ccc6[nH]ncc56)c(F)c(c34)OCCC2C1.